The third-order valence-corrected chi connectivity index (χ3v) is 3.95. The molecule has 0 saturated carbocycles. The van der Waals surface area contributed by atoms with Gasteiger partial charge in [0.2, 0.25) is 5.78 Å². The van der Waals surface area contributed by atoms with Crippen LogP contribution < -0.4 is 10.1 Å². The summed E-state index contributed by atoms with van der Waals surface area (Å²) in [5, 5.41) is 21.7. The SMILES string of the molecule is CCCC[C@@H](CO)Nc1nc(C)ncc1OCc1cccc(C(=O)CO)n1. The van der Waals surface area contributed by atoms with E-state index in [4.69, 9.17) is 9.84 Å². The number of nitrogens with one attached hydrogen (secondary N) is 1. The molecule has 8 nitrogen and oxygen atoms in total. The zero-order valence-electron chi connectivity index (χ0n) is 15.7. The summed E-state index contributed by atoms with van der Waals surface area (Å²) in [6.07, 6.45) is 4.43. The Hall–Kier alpha value is -2.58. The van der Waals surface area contributed by atoms with Crippen LogP contribution in [0.3, 0.4) is 0 Å². The van der Waals surface area contributed by atoms with Crippen molar-refractivity contribution in [3.8, 4) is 5.75 Å². The number of carbonyl (C=O) groups excluding carboxylic acids is 1. The first-order valence-electron chi connectivity index (χ1n) is 9.01. The van der Waals surface area contributed by atoms with E-state index in [-0.39, 0.29) is 24.9 Å². The summed E-state index contributed by atoms with van der Waals surface area (Å²) in [6.45, 7) is 3.40. The monoisotopic (exact) mass is 374 g/mol. The first kappa shape index (κ1) is 20.7. The molecular weight excluding hydrogens is 348 g/mol. The van der Waals surface area contributed by atoms with Crippen LogP contribution in [0, 0.1) is 6.92 Å². The van der Waals surface area contributed by atoms with Gasteiger partial charge in [-0.3, -0.25) is 4.79 Å². The second-order valence-corrected chi connectivity index (χ2v) is 6.18. The maximum absolute atomic E-state index is 11.6. The van der Waals surface area contributed by atoms with Crippen LogP contribution in [0.25, 0.3) is 0 Å². The average Bonchev–Trinajstić information content (AvgIpc) is 2.70. The maximum Gasteiger partial charge on any atom is 0.206 e. The standard InChI is InChI=1S/C19H26N4O4/c1-3-4-6-14(10-24)23-19-18(9-20-13(2)21-19)27-12-15-7-5-8-16(22-15)17(26)11-25/h5,7-9,14,24-25H,3-4,6,10-12H2,1-2H3,(H,20,21,23)/t14-/m0/s1. The Kier molecular flexibility index (Phi) is 8.09. The van der Waals surface area contributed by atoms with Gasteiger partial charge in [0.05, 0.1) is 24.5 Å². The fourth-order valence-corrected chi connectivity index (χ4v) is 2.47. The van der Waals surface area contributed by atoms with E-state index in [1.165, 1.54) is 0 Å². The third kappa shape index (κ3) is 6.26. The highest BCUT2D eigenvalue weighted by Crippen LogP contribution is 2.23. The molecular formula is C19H26N4O4. The number of carbonyl (C=O) groups is 1. The molecule has 0 saturated heterocycles. The van der Waals surface area contributed by atoms with Crippen molar-refractivity contribution >= 4 is 11.6 Å². The predicted octanol–water partition coefficient (Wildman–Crippen LogP) is 1.90. The van der Waals surface area contributed by atoms with Crippen molar-refractivity contribution in [2.75, 3.05) is 18.5 Å². The van der Waals surface area contributed by atoms with Crippen molar-refractivity contribution in [2.24, 2.45) is 0 Å². The topological polar surface area (TPSA) is 117 Å². The number of aryl methyl sites for hydroxylation is 1. The Morgan fingerprint density at radius 2 is 2.11 bits per heavy atom. The van der Waals surface area contributed by atoms with E-state index in [2.05, 4.69) is 27.2 Å². The van der Waals surface area contributed by atoms with Crippen LogP contribution in [0.4, 0.5) is 5.82 Å². The molecule has 2 rings (SSSR count). The maximum atomic E-state index is 11.6. The van der Waals surface area contributed by atoms with E-state index < -0.39 is 12.4 Å². The van der Waals surface area contributed by atoms with E-state index in [9.17, 15) is 9.90 Å². The lowest BCUT2D eigenvalue weighted by molar-refractivity contribution is 0.0898. The van der Waals surface area contributed by atoms with Gasteiger partial charge in [0, 0.05) is 0 Å². The summed E-state index contributed by atoms with van der Waals surface area (Å²) in [7, 11) is 0. The average molecular weight is 374 g/mol. The number of Topliss-reactive ketones (excluding diaryl/α,β-unsaturated/α-hetero) is 1. The highest BCUT2D eigenvalue weighted by molar-refractivity contribution is 5.95. The quantitative estimate of drug-likeness (QED) is 0.511. The number of aliphatic hydroxyl groups excluding tert-OH is 2. The summed E-state index contributed by atoms with van der Waals surface area (Å²) >= 11 is 0. The van der Waals surface area contributed by atoms with Gasteiger partial charge in [0.1, 0.15) is 24.7 Å². The summed E-state index contributed by atoms with van der Waals surface area (Å²) in [5.74, 6) is 1.10. The molecule has 0 amide bonds. The van der Waals surface area contributed by atoms with Gasteiger partial charge in [-0.25, -0.2) is 15.0 Å². The summed E-state index contributed by atoms with van der Waals surface area (Å²) in [4.78, 5) is 24.3. The van der Waals surface area contributed by atoms with Crippen LogP contribution in [-0.2, 0) is 6.61 Å². The van der Waals surface area contributed by atoms with Crippen LogP contribution in [0.15, 0.2) is 24.4 Å². The molecule has 0 aromatic carbocycles. The van der Waals surface area contributed by atoms with Gasteiger partial charge in [-0.1, -0.05) is 25.8 Å². The highest BCUT2D eigenvalue weighted by Gasteiger charge is 2.14. The van der Waals surface area contributed by atoms with E-state index >= 15 is 0 Å². The molecule has 27 heavy (non-hydrogen) atoms. The third-order valence-electron chi connectivity index (χ3n) is 3.95. The fourth-order valence-electron chi connectivity index (χ4n) is 2.47. The molecule has 0 aliphatic carbocycles. The van der Waals surface area contributed by atoms with Crippen LogP contribution in [-0.4, -0.2) is 50.2 Å². The molecule has 0 aliphatic heterocycles. The Morgan fingerprint density at radius 3 is 2.81 bits per heavy atom. The number of aromatic nitrogens is 3. The number of aliphatic hydroxyl groups is 2. The predicted molar refractivity (Wildman–Crippen MR) is 101 cm³/mol. The molecule has 3 N–H and O–H groups in total. The molecule has 2 heterocycles. The molecule has 0 bridgehead atoms. The minimum Gasteiger partial charge on any atom is -0.482 e. The molecule has 0 spiro atoms. The summed E-state index contributed by atoms with van der Waals surface area (Å²) in [6, 6.07) is 4.84. The molecule has 2 aromatic rings. The first-order chi connectivity index (χ1) is 13.1. The molecule has 0 aliphatic rings. The zero-order chi connectivity index (χ0) is 19.6. The van der Waals surface area contributed by atoms with E-state index in [0.717, 1.165) is 19.3 Å². The van der Waals surface area contributed by atoms with E-state index in [1.807, 2.05) is 0 Å². The first-order valence-corrected chi connectivity index (χ1v) is 9.01. The summed E-state index contributed by atoms with van der Waals surface area (Å²) in [5.41, 5.74) is 0.738. The number of nitrogens with zero attached hydrogens (tertiary/aromatic N) is 3. The lowest BCUT2D eigenvalue weighted by Gasteiger charge is -2.19. The van der Waals surface area contributed by atoms with E-state index in [0.29, 0.717) is 23.1 Å². The van der Waals surface area contributed by atoms with Gasteiger partial charge in [-0.15, -0.1) is 0 Å². The smallest absolute Gasteiger partial charge is 0.206 e. The normalized spacial score (nSPS) is 11.9. The lowest BCUT2D eigenvalue weighted by Crippen LogP contribution is -2.25. The van der Waals surface area contributed by atoms with Crippen molar-refractivity contribution in [1.82, 2.24) is 15.0 Å². The number of pyridine rings is 1. The number of ether oxygens (including phenoxy) is 1. The van der Waals surface area contributed by atoms with Gasteiger partial charge in [0.15, 0.2) is 11.6 Å². The fraction of sp³-hybridized carbons (Fsp3) is 0.474. The van der Waals surface area contributed by atoms with Crippen LogP contribution in [0.5, 0.6) is 5.75 Å². The molecule has 146 valence electrons. The van der Waals surface area contributed by atoms with Gasteiger partial charge in [-0.05, 0) is 25.5 Å². The Balaban J connectivity index is 2.11. The van der Waals surface area contributed by atoms with Crippen molar-refractivity contribution < 1.29 is 19.7 Å². The molecule has 0 unspecified atom stereocenters. The second-order valence-electron chi connectivity index (χ2n) is 6.18. The van der Waals surface area contributed by atoms with Crippen molar-refractivity contribution in [3.63, 3.8) is 0 Å². The largest absolute Gasteiger partial charge is 0.482 e. The Bertz CT molecular complexity index is 754. The van der Waals surface area contributed by atoms with Gasteiger partial charge < -0.3 is 20.3 Å². The second kappa shape index (κ2) is 10.5. The lowest BCUT2D eigenvalue weighted by atomic mass is 10.1. The Labute approximate surface area is 158 Å². The molecule has 0 radical (unpaired) electrons. The van der Waals surface area contributed by atoms with Crippen LogP contribution in [0.1, 0.15) is 48.2 Å². The number of ketones is 1. The van der Waals surface area contributed by atoms with Gasteiger partial charge in [-0.2, -0.15) is 0 Å². The van der Waals surface area contributed by atoms with Crippen molar-refractivity contribution in [1.29, 1.82) is 0 Å². The molecule has 0 fully saturated rings. The highest BCUT2D eigenvalue weighted by atomic mass is 16.5. The zero-order valence-corrected chi connectivity index (χ0v) is 15.7. The molecule has 2 aromatic heterocycles. The summed E-state index contributed by atoms with van der Waals surface area (Å²) < 4.78 is 5.79. The van der Waals surface area contributed by atoms with Crippen LogP contribution in [0.2, 0.25) is 0 Å². The number of anilines is 1. The number of hydrogen-bond donors (Lipinski definition) is 3. The van der Waals surface area contributed by atoms with Gasteiger partial charge >= 0.3 is 0 Å². The minimum absolute atomic E-state index is 0.00460. The van der Waals surface area contributed by atoms with Crippen molar-refractivity contribution in [2.45, 2.75) is 45.8 Å². The molecule has 1 atom stereocenters. The number of rotatable bonds is 11. The van der Waals surface area contributed by atoms with E-state index in [1.54, 1.807) is 31.3 Å². The molecule has 8 heteroatoms. The van der Waals surface area contributed by atoms with Gasteiger partial charge in [0.25, 0.3) is 0 Å². The number of hydrogen-bond acceptors (Lipinski definition) is 8. The minimum atomic E-state index is -0.586. The Morgan fingerprint density at radius 1 is 1.30 bits per heavy atom. The van der Waals surface area contributed by atoms with Crippen LogP contribution >= 0.6 is 0 Å². The van der Waals surface area contributed by atoms with Crippen molar-refractivity contribution in [3.05, 3.63) is 41.6 Å². The number of unbranched alkanes of at least 4 members (excludes halogenated alkanes) is 1.